The van der Waals surface area contributed by atoms with Gasteiger partial charge in [-0.2, -0.15) is 0 Å². The van der Waals surface area contributed by atoms with Crippen LogP contribution in [0.5, 0.6) is 5.75 Å². The van der Waals surface area contributed by atoms with E-state index in [0.717, 1.165) is 5.56 Å². The van der Waals surface area contributed by atoms with E-state index >= 15 is 0 Å². The highest BCUT2D eigenvalue weighted by atomic mass is 35.5. The van der Waals surface area contributed by atoms with Crippen LogP contribution in [0.4, 0.5) is 11.4 Å². The summed E-state index contributed by atoms with van der Waals surface area (Å²) in [5, 5.41) is 6.73. The van der Waals surface area contributed by atoms with Crippen LogP contribution >= 0.6 is 23.2 Å². The van der Waals surface area contributed by atoms with E-state index in [9.17, 15) is 9.59 Å². The summed E-state index contributed by atoms with van der Waals surface area (Å²) in [6.07, 6.45) is 0.450. The lowest BCUT2D eigenvalue weighted by Gasteiger charge is -2.37. The number of benzene rings is 2. The van der Waals surface area contributed by atoms with Crippen molar-refractivity contribution in [2.24, 2.45) is 0 Å². The van der Waals surface area contributed by atoms with Crippen molar-refractivity contribution in [3.05, 3.63) is 52.0 Å². The van der Waals surface area contributed by atoms with E-state index in [-0.39, 0.29) is 11.8 Å². The smallest absolute Gasteiger partial charge is 0.265 e. The zero-order valence-electron chi connectivity index (χ0n) is 15.8. The summed E-state index contributed by atoms with van der Waals surface area (Å²) < 4.78 is 11.1. The molecule has 0 bridgehead atoms. The normalized spacial score (nSPS) is 20.2. The first-order valence-electron chi connectivity index (χ1n) is 9.35. The Morgan fingerprint density at radius 3 is 2.66 bits per heavy atom. The Balaban J connectivity index is 1.64. The lowest BCUT2D eigenvalue weighted by Crippen LogP contribution is -2.45. The molecule has 1 saturated heterocycles. The van der Waals surface area contributed by atoms with E-state index in [1.165, 1.54) is 0 Å². The van der Waals surface area contributed by atoms with Crippen LogP contribution in [0.15, 0.2) is 36.4 Å². The monoisotopic (exact) mass is 434 g/mol. The van der Waals surface area contributed by atoms with E-state index < -0.39 is 11.5 Å². The van der Waals surface area contributed by atoms with Crippen LogP contribution in [-0.4, -0.2) is 31.1 Å². The second kappa shape index (κ2) is 7.86. The van der Waals surface area contributed by atoms with Gasteiger partial charge in [0.1, 0.15) is 5.75 Å². The maximum Gasteiger partial charge on any atom is 0.265 e. The maximum absolute atomic E-state index is 13.4. The number of ether oxygens (including phenoxy) is 2. The molecular formula is C21H20Cl2N2O4. The van der Waals surface area contributed by atoms with Crippen molar-refractivity contribution in [3.63, 3.8) is 0 Å². The van der Waals surface area contributed by atoms with E-state index in [2.05, 4.69) is 10.6 Å². The SMILES string of the molecule is CC1Oc2ccc(NC(=O)C3(c4ccc(Cl)cc4Cl)CCOCC3)cc2NC1=O. The van der Waals surface area contributed by atoms with Gasteiger partial charge in [-0.25, -0.2) is 0 Å². The highest BCUT2D eigenvalue weighted by molar-refractivity contribution is 6.35. The van der Waals surface area contributed by atoms with Gasteiger partial charge in [0.2, 0.25) is 5.91 Å². The molecule has 2 N–H and O–H groups in total. The molecule has 0 spiro atoms. The van der Waals surface area contributed by atoms with Crippen LogP contribution in [-0.2, 0) is 19.7 Å². The molecule has 1 unspecified atom stereocenters. The molecule has 29 heavy (non-hydrogen) atoms. The Kier molecular flexibility index (Phi) is 5.42. The summed E-state index contributed by atoms with van der Waals surface area (Å²) in [4.78, 5) is 25.3. The molecule has 1 fully saturated rings. The van der Waals surface area contributed by atoms with Crippen molar-refractivity contribution >= 4 is 46.4 Å². The number of hydrogen-bond donors (Lipinski definition) is 2. The van der Waals surface area contributed by atoms with Gasteiger partial charge in [-0.1, -0.05) is 29.3 Å². The standard InChI is InChI=1S/C21H20Cl2N2O4/c1-12-19(26)25-17-11-14(3-5-18(17)29-12)24-20(27)21(6-8-28-9-7-21)15-4-2-13(22)10-16(15)23/h2-5,10-12H,6-9H2,1H3,(H,24,27)(H,25,26). The van der Waals surface area contributed by atoms with Gasteiger partial charge in [0.25, 0.3) is 5.91 Å². The van der Waals surface area contributed by atoms with E-state index in [4.69, 9.17) is 32.7 Å². The van der Waals surface area contributed by atoms with Crippen molar-refractivity contribution in [3.8, 4) is 5.75 Å². The Morgan fingerprint density at radius 2 is 1.93 bits per heavy atom. The predicted molar refractivity (Wildman–Crippen MR) is 112 cm³/mol. The molecule has 2 heterocycles. The number of amides is 2. The molecule has 152 valence electrons. The highest BCUT2D eigenvalue weighted by Crippen LogP contribution is 2.41. The third-order valence-electron chi connectivity index (χ3n) is 5.40. The number of hydrogen-bond acceptors (Lipinski definition) is 4. The topological polar surface area (TPSA) is 76.7 Å². The Morgan fingerprint density at radius 1 is 1.17 bits per heavy atom. The molecule has 6 nitrogen and oxygen atoms in total. The first-order chi connectivity index (χ1) is 13.9. The van der Waals surface area contributed by atoms with Crippen molar-refractivity contribution in [1.29, 1.82) is 0 Å². The summed E-state index contributed by atoms with van der Waals surface area (Å²) in [6, 6.07) is 10.4. The molecule has 0 radical (unpaired) electrons. The van der Waals surface area contributed by atoms with Crippen molar-refractivity contribution < 1.29 is 19.1 Å². The van der Waals surface area contributed by atoms with Crippen molar-refractivity contribution in [1.82, 2.24) is 0 Å². The lowest BCUT2D eigenvalue weighted by atomic mass is 9.73. The van der Waals surface area contributed by atoms with Gasteiger partial charge in [0.15, 0.2) is 6.10 Å². The van der Waals surface area contributed by atoms with Crippen LogP contribution in [0.25, 0.3) is 0 Å². The molecule has 4 rings (SSSR count). The van der Waals surface area contributed by atoms with E-state index in [0.29, 0.717) is 53.2 Å². The number of rotatable bonds is 3. The molecule has 1 atom stereocenters. The average Bonchev–Trinajstić information content (AvgIpc) is 2.69. The first-order valence-corrected chi connectivity index (χ1v) is 10.1. The van der Waals surface area contributed by atoms with E-state index in [1.807, 2.05) is 0 Å². The number of halogens is 2. The second-order valence-corrected chi connectivity index (χ2v) is 8.08. The number of nitrogens with one attached hydrogen (secondary N) is 2. The van der Waals surface area contributed by atoms with Gasteiger partial charge in [-0.3, -0.25) is 9.59 Å². The molecule has 2 aromatic carbocycles. The zero-order valence-corrected chi connectivity index (χ0v) is 17.3. The van der Waals surface area contributed by atoms with Crippen LogP contribution in [0.3, 0.4) is 0 Å². The largest absolute Gasteiger partial charge is 0.479 e. The molecule has 0 aromatic heterocycles. The minimum atomic E-state index is -0.829. The van der Waals surface area contributed by atoms with Crippen molar-refractivity contribution in [2.45, 2.75) is 31.3 Å². The van der Waals surface area contributed by atoms with Crippen LogP contribution in [0.2, 0.25) is 10.0 Å². The fourth-order valence-electron chi connectivity index (χ4n) is 3.75. The molecule has 2 amide bonds. The van der Waals surface area contributed by atoms with Gasteiger partial charge in [-0.15, -0.1) is 0 Å². The maximum atomic E-state index is 13.4. The highest BCUT2D eigenvalue weighted by Gasteiger charge is 2.43. The average molecular weight is 435 g/mol. The molecule has 2 aromatic rings. The number of carbonyl (C=O) groups excluding carboxylic acids is 2. The molecule has 8 heteroatoms. The molecular weight excluding hydrogens is 415 g/mol. The summed E-state index contributed by atoms with van der Waals surface area (Å²) in [5.41, 5.74) is 0.983. The minimum Gasteiger partial charge on any atom is -0.479 e. The third kappa shape index (κ3) is 3.80. The van der Waals surface area contributed by atoms with Crippen LogP contribution in [0, 0.1) is 0 Å². The fraction of sp³-hybridized carbons (Fsp3) is 0.333. The third-order valence-corrected chi connectivity index (χ3v) is 5.94. The number of carbonyl (C=O) groups is 2. The molecule has 0 aliphatic carbocycles. The van der Waals surface area contributed by atoms with Gasteiger partial charge < -0.3 is 20.1 Å². The van der Waals surface area contributed by atoms with E-state index in [1.54, 1.807) is 43.3 Å². The lowest BCUT2D eigenvalue weighted by molar-refractivity contribution is -0.125. The Labute approximate surface area is 178 Å². The molecule has 2 aliphatic rings. The zero-order chi connectivity index (χ0) is 20.6. The van der Waals surface area contributed by atoms with Gasteiger partial charge in [0, 0.05) is 28.9 Å². The molecule has 0 saturated carbocycles. The first kappa shape index (κ1) is 20.0. The molecule has 2 aliphatic heterocycles. The van der Waals surface area contributed by atoms with Crippen molar-refractivity contribution in [2.75, 3.05) is 23.8 Å². The Bertz CT molecular complexity index is 973. The van der Waals surface area contributed by atoms with Crippen LogP contribution < -0.4 is 15.4 Å². The second-order valence-electron chi connectivity index (χ2n) is 7.23. The van der Waals surface area contributed by atoms with Gasteiger partial charge >= 0.3 is 0 Å². The van der Waals surface area contributed by atoms with Crippen LogP contribution in [0.1, 0.15) is 25.3 Å². The van der Waals surface area contributed by atoms with Gasteiger partial charge in [-0.05, 0) is 55.7 Å². The van der Waals surface area contributed by atoms with Gasteiger partial charge in [0.05, 0.1) is 11.1 Å². The minimum absolute atomic E-state index is 0.179. The fourth-order valence-corrected chi connectivity index (χ4v) is 4.34. The summed E-state index contributed by atoms with van der Waals surface area (Å²) >= 11 is 12.5. The summed E-state index contributed by atoms with van der Waals surface area (Å²) in [6.45, 7) is 2.59. The number of anilines is 2. The summed E-state index contributed by atoms with van der Waals surface area (Å²) in [5.74, 6) is 0.160. The number of fused-ring (bicyclic) bond motifs is 1. The quantitative estimate of drug-likeness (QED) is 0.750. The predicted octanol–water partition coefficient (Wildman–Crippen LogP) is 4.40. The summed E-state index contributed by atoms with van der Waals surface area (Å²) in [7, 11) is 0. The Hall–Kier alpha value is -2.28.